The lowest BCUT2D eigenvalue weighted by atomic mass is 10.1. The highest BCUT2D eigenvalue weighted by atomic mass is 35.5. The highest BCUT2D eigenvalue weighted by Crippen LogP contribution is 2.29. The van der Waals surface area contributed by atoms with E-state index in [1.54, 1.807) is 12.3 Å². The van der Waals surface area contributed by atoms with Crippen molar-refractivity contribution in [1.82, 2.24) is 9.29 Å². The van der Waals surface area contributed by atoms with E-state index < -0.39 is 15.9 Å². The number of amides is 1. The van der Waals surface area contributed by atoms with Gasteiger partial charge in [0.25, 0.3) is 5.91 Å². The summed E-state index contributed by atoms with van der Waals surface area (Å²) < 4.78 is 33.5. The Labute approximate surface area is 186 Å². The maximum absolute atomic E-state index is 13.3. The lowest BCUT2D eigenvalue weighted by Gasteiger charge is -2.34. The minimum absolute atomic E-state index is 0.0650. The van der Waals surface area contributed by atoms with Crippen LogP contribution in [-0.4, -0.2) is 48.9 Å². The Morgan fingerprint density at radius 1 is 1.13 bits per heavy atom. The van der Waals surface area contributed by atoms with E-state index in [9.17, 15) is 13.2 Å². The summed E-state index contributed by atoms with van der Waals surface area (Å²) >= 11 is 6.24. The van der Waals surface area contributed by atoms with Crippen molar-refractivity contribution in [1.29, 1.82) is 0 Å². The molecule has 4 rings (SSSR count). The predicted octanol–water partition coefficient (Wildman–Crippen LogP) is 3.94. The number of nitrogens with one attached hydrogen (secondary N) is 1. The third-order valence-corrected chi connectivity index (χ3v) is 7.39. The van der Waals surface area contributed by atoms with Gasteiger partial charge in [0.1, 0.15) is 4.90 Å². The Morgan fingerprint density at radius 2 is 1.84 bits per heavy atom. The van der Waals surface area contributed by atoms with Crippen LogP contribution < -0.4 is 5.32 Å². The van der Waals surface area contributed by atoms with Gasteiger partial charge in [-0.2, -0.15) is 4.31 Å². The molecule has 0 aliphatic carbocycles. The zero-order chi connectivity index (χ0) is 22.2. The molecule has 2 aromatic carbocycles. The molecule has 2 unspecified atom stereocenters. The van der Waals surface area contributed by atoms with Gasteiger partial charge in [0.05, 0.1) is 28.4 Å². The van der Waals surface area contributed by atoms with Crippen LogP contribution in [0.1, 0.15) is 24.2 Å². The van der Waals surface area contributed by atoms with Crippen LogP contribution in [0.3, 0.4) is 0 Å². The van der Waals surface area contributed by atoms with E-state index in [1.165, 1.54) is 22.5 Å². The molecule has 1 N–H and O–H groups in total. The van der Waals surface area contributed by atoms with E-state index in [0.717, 1.165) is 5.39 Å². The average molecular weight is 460 g/mol. The van der Waals surface area contributed by atoms with Crippen LogP contribution in [0.4, 0.5) is 5.69 Å². The van der Waals surface area contributed by atoms with Crippen LogP contribution in [-0.2, 0) is 14.8 Å². The number of hydrogen-bond acceptors (Lipinski definition) is 5. The fourth-order valence-electron chi connectivity index (χ4n) is 3.71. The van der Waals surface area contributed by atoms with Crippen molar-refractivity contribution in [2.45, 2.75) is 31.0 Å². The summed E-state index contributed by atoms with van der Waals surface area (Å²) in [5, 5.41) is 3.77. The molecule has 1 aliphatic rings. The summed E-state index contributed by atoms with van der Waals surface area (Å²) in [7, 11) is -3.89. The minimum Gasteiger partial charge on any atom is -0.373 e. The first-order valence-electron chi connectivity index (χ1n) is 9.86. The third-order valence-electron chi connectivity index (χ3n) is 5.08. The molecular formula is C22H22ClN3O4S. The maximum atomic E-state index is 13.3. The molecule has 1 aliphatic heterocycles. The molecule has 1 fully saturated rings. The van der Waals surface area contributed by atoms with Gasteiger partial charge in [0, 0.05) is 30.2 Å². The molecule has 2 heterocycles. The van der Waals surface area contributed by atoms with Gasteiger partial charge in [0.2, 0.25) is 10.0 Å². The molecule has 9 heteroatoms. The summed E-state index contributed by atoms with van der Waals surface area (Å²) in [5.74, 6) is -0.449. The number of ether oxygens (including phenoxy) is 1. The number of sulfonamides is 1. The van der Waals surface area contributed by atoms with Gasteiger partial charge in [0.15, 0.2) is 0 Å². The molecule has 162 valence electrons. The number of benzene rings is 2. The lowest BCUT2D eigenvalue weighted by Crippen LogP contribution is -2.48. The standard InChI is InChI=1S/C22H22ClN3O4S/c1-14-12-26(13-15(2)30-14)31(28,29)20-11-17(8-9-18(20)23)22(27)25-19-7-3-5-16-6-4-10-24-21(16)19/h3-11,14-15H,12-13H2,1-2H3,(H,25,27). The van der Waals surface area contributed by atoms with E-state index in [2.05, 4.69) is 10.3 Å². The Hall–Kier alpha value is -2.52. The fraction of sp³-hybridized carbons (Fsp3) is 0.273. The second-order valence-corrected chi connectivity index (χ2v) is 9.87. The largest absolute Gasteiger partial charge is 0.373 e. The number of carbonyl (C=O) groups excluding carboxylic acids is 1. The van der Waals surface area contributed by atoms with Crippen LogP contribution in [0.2, 0.25) is 5.02 Å². The highest BCUT2D eigenvalue weighted by molar-refractivity contribution is 7.89. The molecule has 1 saturated heterocycles. The Balaban J connectivity index is 1.65. The third kappa shape index (κ3) is 4.43. The molecule has 0 radical (unpaired) electrons. The van der Waals surface area contributed by atoms with Gasteiger partial charge in [-0.25, -0.2) is 8.42 Å². The number of morpholine rings is 1. The number of pyridine rings is 1. The van der Waals surface area contributed by atoms with E-state index in [0.29, 0.717) is 11.2 Å². The second-order valence-electron chi connectivity index (χ2n) is 7.56. The number of aromatic nitrogens is 1. The number of fused-ring (bicyclic) bond motifs is 1. The van der Waals surface area contributed by atoms with Crippen molar-refractivity contribution < 1.29 is 17.9 Å². The van der Waals surface area contributed by atoms with Gasteiger partial charge in [-0.15, -0.1) is 0 Å². The molecule has 7 nitrogen and oxygen atoms in total. The molecule has 0 spiro atoms. The monoisotopic (exact) mass is 459 g/mol. The summed E-state index contributed by atoms with van der Waals surface area (Å²) in [5.41, 5.74) is 1.38. The van der Waals surface area contributed by atoms with Crippen molar-refractivity contribution >= 4 is 44.1 Å². The van der Waals surface area contributed by atoms with Crippen molar-refractivity contribution in [3.8, 4) is 0 Å². The van der Waals surface area contributed by atoms with Gasteiger partial charge in [-0.1, -0.05) is 29.8 Å². The molecule has 2 atom stereocenters. The van der Waals surface area contributed by atoms with E-state index >= 15 is 0 Å². The van der Waals surface area contributed by atoms with Crippen LogP contribution in [0.25, 0.3) is 10.9 Å². The van der Waals surface area contributed by atoms with Crippen LogP contribution in [0, 0.1) is 0 Å². The zero-order valence-corrected chi connectivity index (χ0v) is 18.7. The van der Waals surface area contributed by atoms with Crippen molar-refractivity contribution in [3.63, 3.8) is 0 Å². The van der Waals surface area contributed by atoms with Gasteiger partial charge >= 0.3 is 0 Å². The second kappa shape index (κ2) is 8.55. The van der Waals surface area contributed by atoms with Crippen LogP contribution >= 0.6 is 11.6 Å². The first kappa shape index (κ1) is 21.7. The van der Waals surface area contributed by atoms with Crippen molar-refractivity contribution in [3.05, 3.63) is 65.3 Å². The molecule has 3 aromatic rings. The molecule has 1 amide bonds. The van der Waals surface area contributed by atoms with Gasteiger partial charge in [-0.05, 0) is 44.2 Å². The van der Waals surface area contributed by atoms with E-state index in [1.807, 2.05) is 38.1 Å². The number of carbonyl (C=O) groups is 1. The summed E-state index contributed by atoms with van der Waals surface area (Å²) in [6.07, 6.45) is 1.18. The van der Waals surface area contributed by atoms with Gasteiger partial charge in [-0.3, -0.25) is 9.78 Å². The topological polar surface area (TPSA) is 88.6 Å². The molecule has 31 heavy (non-hydrogen) atoms. The maximum Gasteiger partial charge on any atom is 0.255 e. The summed E-state index contributed by atoms with van der Waals surface area (Å²) in [6, 6.07) is 13.4. The van der Waals surface area contributed by atoms with Crippen molar-refractivity contribution in [2.24, 2.45) is 0 Å². The SMILES string of the molecule is CC1CN(S(=O)(=O)c2cc(C(=O)Nc3cccc4cccnc34)ccc2Cl)CC(C)O1. The van der Waals surface area contributed by atoms with E-state index in [-0.39, 0.29) is 40.8 Å². The smallest absolute Gasteiger partial charge is 0.255 e. The Kier molecular flexibility index (Phi) is 5.98. The molecular weight excluding hydrogens is 438 g/mol. The first-order valence-corrected chi connectivity index (χ1v) is 11.7. The number of hydrogen-bond donors (Lipinski definition) is 1. The van der Waals surface area contributed by atoms with E-state index in [4.69, 9.17) is 16.3 Å². The minimum atomic E-state index is -3.89. The molecule has 0 saturated carbocycles. The predicted molar refractivity (Wildman–Crippen MR) is 120 cm³/mol. The number of para-hydroxylation sites is 1. The first-order chi connectivity index (χ1) is 14.8. The number of anilines is 1. The quantitative estimate of drug-likeness (QED) is 0.638. The summed E-state index contributed by atoms with van der Waals surface area (Å²) in [6.45, 7) is 4.09. The zero-order valence-electron chi connectivity index (χ0n) is 17.1. The average Bonchev–Trinajstić information content (AvgIpc) is 2.73. The fourth-order valence-corrected chi connectivity index (χ4v) is 5.80. The number of halogens is 1. The summed E-state index contributed by atoms with van der Waals surface area (Å²) in [4.78, 5) is 17.1. The Bertz CT molecular complexity index is 1230. The normalized spacial score (nSPS) is 20.0. The van der Waals surface area contributed by atoms with Gasteiger partial charge < -0.3 is 10.1 Å². The Morgan fingerprint density at radius 3 is 2.58 bits per heavy atom. The molecule has 1 aromatic heterocycles. The van der Waals surface area contributed by atoms with Crippen LogP contribution in [0.5, 0.6) is 0 Å². The van der Waals surface area contributed by atoms with Crippen molar-refractivity contribution in [2.75, 3.05) is 18.4 Å². The number of nitrogens with zero attached hydrogens (tertiary/aromatic N) is 2. The number of rotatable bonds is 4. The lowest BCUT2D eigenvalue weighted by molar-refractivity contribution is -0.0440. The molecule has 0 bridgehead atoms. The van der Waals surface area contributed by atoms with Crippen LogP contribution in [0.15, 0.2) is 59.6 Å². The highest BCUT2D eigenvalue weighted by Gasteiger charge is 2.33.